The predicted octanol–water partition coefficient (Wildman–Crippen LogP) is 3.17. The Balaban J connectivity index is 2.65. The number of alkyl halides is 6. The van der Waals surface area contributed by atoms with Crippen LogP contribution in [0.5, 0.6) is 0 Å². The van der Waals surface area contributed by atoms with Gasteiger partial charge in [-0.2, -0.15) is 26.3 Å². The second-order valence-corrected chi connectivity index (χ2v) is 4.60. The zero-order chi connectivity index (χ0) is 17.4. The third-order valence-electron chi connectivity index (χ3n) is 2.88. The summed E-state index contributed by atoms with van der Waals surface area (Å²) in [6.45, 7) is -0.535. The molecule has 23 heavy (non-hydrogen) atoms. The molecule has 0 aliphatic rings. The molecule has 124 valence electrons. The van der Waals surface area contributed by atoms with Crippen molar-refractivity contribution in [3.63, 3.8) is 0 Å². The number of anilines is 1. The quantitative estimate of drug-likeness (QED) is 0.846. The number of aromatic nitrogens is 1. The first-order valence-electron chi connectivity index (χ1n) is 6.10. The third-order valence-corrected chi connectivity index (χ3v) is 2.88. The largest absolute Gasteiger partial charge is 0.433 e. The van der Waals surface area contributed by atoms with Crippen LogP contribution < -0.4 is 11.1 Å². The van der Waals surface area contributed by atoms with Gasteiger partial charge in [-0.3, -0.25) is 4.79 Å². The lowest BCUT2D eigenvalue weighted by molar-refractivity contribution is -0.141. The molecule has 1 aromatic heterocycles. The minimum absolute atomic E-state index is 0.200. The van der Waals surface area contributed by atoms with Gasteiger partial charge in [-0.25, -0.2) is 4.98 Å². The number of pyridine rings is 1. The molecule has 3 N–H and O–H groups in total. The highest BCUT2D eigenvalue weighted by molar-refractivity contribution is 5.93. The summed E-state index contributed by atoms with van der Waals surface area (Å²) in [4.78, 5) is 14.1. The van der Waals surface area contributed by atoms with Crippen molar-refractivity contribution in [1.82, 2.24) is 4.98 Å². The number of hydrogen-bond acceptors (Lipinski definition) is 3. The van der Waals surface area contributed by atoms with Crippen LogP contribution in [0.15, 0.2) is 24.3 Å². The second-order valence-electron chi connectivity index (χ2n) is 4.60. The second kappa shape index (κ2) is 5.60. The van der Waals surface area contributed by atoms with Crippen LogP contribution in [0.25, 0.3) is 10.9 Å². The predicted molar refractivity (Wildman–Crippen MR) is 69.4 cm³/mol. The maximum atomic E-state index is 12.8. The number of carbonyl (C=O) groups is 1. The number of rotatable bonds is 3. The highest BCUT2D eigenvalue weighted by Gasteiger charge is 2.34. The Hall–Kier alpha value is -2.52. The van der Waals surface area contributed by atoms with Crippen LogP contribution in [0.4, 0.5) is 32.0 Å². The number of fused-ring (bicyclic) bond motifs is 1. The molecule has 1 aromatic carbocycles. The van der Waals surface area contributed by atoms with Crippen LogP contribution in [0, 0.1) is 0 Å². The average Bonchev–Trinajstić information content (AvgIpc) is 2.41. The molecule has 0 atom stereocenters. The van der Waals surface area contributed by atoms with Crippen molar-refractivity contribution in [3.05, 3.63) is 35.5 Å². The fourth-order valence-electron chi connectivity index (χ4n) is 1.88. The summed E-state index contributed by atoms with van der Waals surface area (Å²) in [5, 5.41) is 2.10. The number of carbonyl (C=O) groups excluding carboxylic acids is 1. The fraction of sp³-hybridized carbons (Fsp3) is 0.231. The van der Waals surface area contributed by atoms with E-state index in [2.05, 4.69) is 10.3 Å². The van der Waals surface area contributed by atoms with Gasteiger partial charge in [-0.05, 0) is 24.3 Å². The first-order valence-corrected chi connectivity index (χ1v) is 6.10. The normalized spacial score (nSPS) is 12.4. The number of amides is 1. The van der Waals surface area contributed by atoms with E-state index < -0.39 is 36.1 Å². The van der Waals surface area contributed by atoms with E-state index in [1.165, 1.54) is 0 Å². The molecule has 10 heteroatoms. The highest BCUT2D eigenvalue weighted by atomic mass is 19.4. The van der Waals surface area contributed by atoms with Crippen LogP contribution in [0.2, 0.25) is 0 Å². The van der Waals surface area contributed by atoms with Gasteiger partial charge in [0.25, 0.3) is 0 Å². The molecule has 2 rings (SSSR count). The summed E-state index contributed by atoms with van der Waals surface area (Å²) in [5.74, 6) is -0.879. The van der Waals surface area contributed by atoms with E-state index in [9.17, 15) is 31.1 Å². The molecule has 4 nitrogen and oxygen atoms in total. The summed E-state index contributed by atoms with van der Waals surface area (Å²) in [6.07, 6.45) is -9.46. The average molecular weight is 337 g/mol. The lowest BCUT2D eigenvalue weighted by Crippen LogP contribution is -2.22. The van der Waals surface area contributed by atoms with Crippen molar-refractivity contribution < 1.29 is 31.1 Å². The van der Waals surface area contributed by atoms with E-state index in [1.54, 1.807) is 0 Å². The monoisotopic (exact) mass is 337 g/mol. The molecule has 1 heterocycles. The van der Waals surface area contributed by atoms with E-state index in [0.717, 1.165) is 6.07 Å². The van der Waals surface area contributed by atoms with Crippen LogP contribution in [-0.2, 0) is 17.1 Å². The van der Waals surface area contributed by atoms with E-state index in [1.807, 2.05) is 0 Å². The molecular formula is C13H9F6N3O. The number of primary amides is 1. The Morgan fingerprint density at radius 3 is 2.26 bits per heavy atom. The third kappa shape index (κ3) is 3.82. The zero-order valence-electron chi connectivity index (χ0n) is 11.2. The summed E-state index contributed by atoms with van der Waals surface area (Å²) in [6, 6.07) is 2.66. The van der Waals surface area contributed by atoms with Gasteiger partial charge in [0.15, 0.2) is 0 Å². The maximum absolute atomic E-state index is 12.8. The molecule has 0 unspecified atom stereocenters. The van der Waals surface area contributed by atoms with E-state index in [0.29, 0.717) is 18.2 Å². The number of nitrogens with zero attached hydrogens (tertiary/aromatic N) is 1. The molecule has 0 bridgehead atoms. The van der Waals surface area contributed by atoms with Gasteiger partial charge in [-0.15, -0.1) is 0 Å². The van der Waals surface area contributed by atoms with E-state index in [4.69, 9.17) is 5.73 Å². The Morgan fingerprint density at radius 2 is 1.74 bits per heavy atom. The topological polar surface area (TPSA) is 68.0 Å². The SMILES string of the molecule is NC(=O)CNc1cc(C(F)(F)F)nc2ccc(C(F)(F)F)cc12. The maximum Gasteiger partial charge on any atom is 0.433 e. The molecular weight excluding hydrogens is 328 g/mol. The minimum atomic E-state index is -4.79. The molecule has 2 aromatic rings. The Bertz CT molecular complexity index is 754. The lowest BCUT2D eigenvalue weighted by Gasteiger charge is -2.14. The van der Waals surface area contributed by atoms with Gasteiger partial charge in [0, 0.05) is 11.1 Å². The summed E-state index contributed by atoms with van der Waals surface area (Å²) < 4.78 is 76.6. The van der Waals surface area contributed by atoms with Crippen molar-refractivity contribution in [2.45, 2.75) is 12.4 Å². The van der Waals surface area contributed by atoms with Gasteiger partial charge < -0.3 is 11.1 Å². The van der Waals surface area contributed by atoms with Gasteiger partial charge in [-0.1, -0.05) is 0 Å². The van der Waals surface area contributed by atoms with Gasteiger partial charge in [0.2, 0.25) is 5.91 Å². The van der Waals surface area contributed by atoms with Crippen LogP contribution in [-0.4, -0.2) is 17.4 Å². The van der Waals surface area contributed by atoms with Gasteiger partial charge in [0.05, 0.1) is 17.6 Å². The smallest absolute Gasteiger partial charge is 0.376 e. The number of halogens is 6. The zero-order valence-corrected chi connectivity index (χ0v) is 11.2. The van der Waals surface area contributed by atoms with Gasteiger partial charge in [0.1, 0.15) is 5.69 Å². The fourth-order valence-corrected chi connectivity index (χ4v) is 1.88. The lowest BCUT2D eigenvalue weighted by atomic mass is 10.1. The van der Waals surface area contributed by atoms with E-state index in [-0.39, 0.29) is 16.6 Å². The summed E-state index contributed by atoms with van der Waals surface area (Å²) in [5.41, 5.74) is 1.94. The van der Waals surface area contributed by atoms with Crippen LogP contribution >= 0.6 is 0 Å². The molecule has 0 saturated heterocycles. The minimum Gasteiger partial charge on any atom is -0.376 e. The molecule has 0 fully saturated rings. The van der Waals surface area contributed by atoms with Crippen LogP contribution in [0.3, 0.4) is 0 Å². The standard InChI is InChI=1S/C13H9F6N3O/c14-12(15,16)6-1-2-8-7(3-6)9(21-5-11(20)23)4-10(22-8)13(17,18)19/h1-4H,5H2,(H2,20,23)(H,21,22). The summed E-state index contributed by atoms with van der Waals surface area (Å²) >= 11 is 0. The molecule has 0 spiro atoms. The number of benzene rings is 1. The first-order chi connectivity index (χ1) is 10.5. The Morgan fingerprint density at radius 1 is 1.09 bits per heavy atom. The Labute approximate surface area is 125 Å². The first kappa shape index (κ1) is 16.8. The molecule has 0 aliphatic carbocycles. The number of nitrogens with one attached hydrogen (secondary N) is 1. The number of nitrogens with two attached hydrogens (primary N) is 1. The molecule has 0 radical (unpaired) electrons. The van der Waals surface area contributed by atoms with Crippen molar-refractivity contribution >= 4 is 22.5 Å². The van der Waals surface area contributed by atoms with Crippen molar-refractivity contribution in [2.24, 2.45) is 5.73 Å². The molecule has 0 aliphatic heterocycles. The van der Waals surface area contributed by atoms with Gasteiger partial charge >= 0.3 is 12.4 Å². The van der Waals surface area contributed by atoms with Crippen LogP contribution in [0.1, 0.15) is 11.3 Å². The Kier molecular flexibility index (Phi) is 4.10. The number of hydrogen-bond donors (Lipinski definition) is 2. The van der Waals surface area contributed by atoms with Crippen molar-refractivity contribution in [2.75, 3.05) is 11.9 Å². The van der Waals surface area contributed by atoms with Crippen molar-refractivity contribution in [3.8, 4) is 0 Å². The summed E-state index contributed by atoms with van der Waals surface area (Å²) in [7, 11) is 0. The van der Waals surface area contributed by atoms with Crippen molar-refractivity contribution in [1.29, 1.82) is 0 Å². The molecule has 1 amide bonds. The molecule has 0 saturated carbocycles. The van der Waals surface area contributed by atoms with E-state index >= 15 is 0 Å². The highest BCUT2D eigenvalue weighted by Crippen LogP contribution is 2.36.